The van der Waals surface area contributed by atoms with Gasteiger partial charge in [0, 0.05) is 19.5 Å². The fraction of sp³-hybridized carbons (Fsp3) is 0.158. The van der Waals surface area contributed by atoms with Gasteiger partial charge in [-0.2, -0.15) is 0 Å². The molecule has 0 saturated carbocycles. The van der Waals surface area contributed by atoms with Crippen LogP contribution in [0, 0.1) is 5.82 Å². The van der Waals surface area contributed by atoms with Crippen molar-refractivity contribution in [2.24, 2.45) is 0 Å². The molecule has 6 nitrogen and oxygen atoms in total. The van der Waals surface area contributed by atoms with E-state index in [2.05, 4.69) is 10.3 Å². The quantitative estimate of drug-likeness (QED) is 0.632. The molecule has 0 aliphatic heterocycles. The molecule has 27 heavy (non-hydrogen) atoms. The minimum atomic E-state index is -0.678. The summed E-state index contributed by atoms with van der Waals surface area (Å²) in [5, 5.41) is 12.7. The van der Waals surface area contributed by atoms with Crippen LogP contribution in [0.4, 0.5) is 4.39 Å². The third kappa shape index (κ3) is 5.42. The number of rotatable bonds is 7. The standard InChI is InChI=1S/C19H17FN2O4S/c1-12(23)21-9-8-13-2-5-15(6-3-13)25-18-11-22-19(27-18)26-17-7-4-14(24)10-16(17)20/h2-7,10-11,24H,8-9H2,1H3,(H,21,23). The normalized spacial score (nSPS) is 10.4. The van der Waals surface area contributed by atoms with Crippen LogP contribution >= 0.6 is 11.3 Å². The van der Waals surface area contributed by atoms with Gasteiger partial charge in [-0.25, -0.2) is 9.37 Å². The summed E-state index contributed by atoms with van der Waals surface area (Å²) in [6.45, 7) is 2.07. The molecule has 3 aromatic rings. The molecular formula is C19H17FN2O4S. The van der Waals surface area contributed by atoms with Crippen molar-refractivity contribution in [2.75, 3.05) is 6.54 Å². The molecule has 3 rings (SSSR count). The first kappa shape index (κ1) is 18.7. The Kier molecular flexibility index (Phi) is 5.87. The Bertz CT molecular complexity index is 928. The van der Waals surface area contributed by atoms with Gasteiger partial charge in [-0.05, 0) is 47.6 Å². The van der Waals surface area contributed by atoms with Crippen LogP contribution in [0.5, 0.6) is 27.5 Å². The van der Waals surface area contributed by atoms with Gasteiger partial charge in [-0.1, -0.05) is 12.1 Å². The molecule has 0 spiro atoms. The van der Waals surface area contributed by atoms with Crippen LogP contribution in [0.25, 0.3) is 0 Å². The van der Waals surface area contributed by atoms with E-state index < -0.39 is 5.82 Å². The van der Waals surface area contributed by atoms with Crippen molar-refractivity contribution in [3.63, 3.8) is 0 Å². The van der Waals surface area contributed by atoms with Gasteiger partial charge < -0.3 is 19.9 Å². The van der Waals surface area contributed by atoms with Gasteiger partial charge in [0.1, 0.15) is 11.5 Å². The van der Waals surface area contributed by atoms with Crippen molar-refractivity contribution < 1.29 is 23.8 Å². The van der Waals surface area contributed by atoms with E-state index in [-0.39, 0.29) is 22.6 Å². The van der Waals surface area contributed by atoms with Crippen molar-refractivity contribution in [2.45, 2.75) is 13.3 Å². The second-order valence-corrected chi connectivity index (χ2v) is 6.60. The van der Waals surface area contributed by atoms with Gasteiger partial charge in [-0.3, -0.25) is 4.79 Å². The summed E-state index contributed by atoms with van der Waals surface area (Å²) in [5.74, 6) is -0.307. The first-order chi connectivity index (χ1) is 13.0. The number of nitrogens with zero attached hydrogens (tertiary/aromatic N) is 1. The van der Waals surface area contributed by atoms with Crippen LogP contribution in [0.2, 0.25) is 0 Å². The Morgan fingerprint density at radius 1 is 1.22 bits per heavy atom. The zero-order chi connectivity index (χ0) is 19.2. The number of nitrogens with one attached hydrogen (secondary N) is 1. The highest BCUT2D eigenvalue weighted by molar-refractivity contribution is 7.15. The predicted octanol–water partition coefficient (Wildman–Crippen LogP) is 4.25. The SMILES string of the molecule is CC(=O)NCCc1ccc(Oc2cnc(Oc3ccc(O)cc3F)s2)cc1. The highest BCUT2D eigenvalue weighted by atomic mass is 32.1. The highest BCUT2D eigenvalue weighted by Gasteiger charge is 2.10. The smallest absolute Gasteiger partial charge is 0.282 e. The molecule has 0 fully saturated rings. The summed E-state index contributed by atoms with van der Waals surface area (Å²) in [6.07, 6.45) is 2.22. The molecule has 2 N–H and O–H groups in total. The van der Waals surface area contributed by atoms with E-state index in [0.29, 0.717) is 17.4 Å². The largest absolute Gasteiger partial charge is 0.508 e. The first-order valence-corrected chi connectivity index (χ1v) is 8.94. The molecule has 0 saturated heterocycles. The van der Waals surface area contributed by atoms with Gasteiger partial charge in [0.05, 0.1) is 6.20 Å². The Labute approximate surface area is 159 Å². The number of aromatic nitrogens is 1. The van der Waals surface area contributed by atoms with Crippen molar-refractivity contribution in [1.29, 1.82) is 0 Å². The van der Waals surface area contributed by atoms with E-state index in [4.69, 9.17) is 9.47 Å². The molecule has 8 heteroatoms. The number of ether oxygens (including phenoxy) is 2. The van der Waals surface area contributed by atoms with Gasteiger partial charge in [0.25, 0.3) is 5.19 Å². The Morgan fingerprint density at radius 3 is 2.70 bits per heavy atom. The number of benzene rings is 2. The van der Waals surface area contributed by atoms with Crippen LogP contribution in [-0.2, 0) is 11.2 Å². The number of hydrogen-bond donors (Lipinski definition) is 2. The van der Waals surface area contributed by atoms with Crippen molar-refractivity contribution >= 4 is 17.2 Å². The lowest BCUT2D eigenvalue weighted by molar-refractivity contribution is -0.118. The number of phenols is 1. The molecule has 1 amide bonds. The van der Waals surface area contributed by atoms with Gasteiger partial charge in [0.15, 0.2) is 11.6 Å². The number of thiazole rings is 1. The van der Waals surface area contributed by atoms with Gasteiger partial charge in [0.2, 0.25) is 11.0 Å². The number of phenolic OH excluding ortho intramolecular Hbond substituents is 1. The molecule has 0 bridgehead atoms. The van der Waals surface area contributed by atoms with Crippen LogP contribution < -0.4 is 14.8 Å². The number of carbonyl (C=O) groups excluding carboxylic acids is 1. The van der Waals surface area contributed by atoms with Crippen LogP contribution in [-0.4, -0.2) is 22.5 Å². The van der Waals surface area contributed by atoms with Crippen LogP contribution in [0.15, 0.2) is 48.7 Å². The topological polar surface area (TPSA) is 80.7 Å². The molecule has 0 unspecified atom stereocenters. The van der Waals surface area contributed by atoms with E-state index in [0.717, 1.165) is 29.4 Å². The maximum atomic E-state index is 13.7. The lowest BCUT2D eigenvalue weighted by Crippen LogP contribution is -2.22. The molecule has 0 aliphatic rings. The lowest BCUT2D eigenvalue weighted by atomic mass is 10.1. The van der Waals surface area contributed by atoms with E-state index in [1.54, 1.807) is 0 Å². The summed E-state index contributed by atoms with van der Waals surface area (Å²) in [4.78, 5) is 14.9. The second-order valence-electron chi connectivity index (χ2n) is 5.64. The van der Waals surface area contributed by atoms with Crippen molar-refractivity contribution in [3.05, 3.63) is 60.0 Å². The fourth-order valence-corrected chi connectivity index (χ4v) is 2.88. The average molecular weight is 388 g/mol. The monoisotopic (exact) mass is 388 g/mol. The number of amides is 1. The fourth-order valence-electron chi connectivity index (χ4n) is 2.23. The second kappa shape index (κ2) is 8.50. The average Bonchev–Trinajstić information content (AvgIpc) is 3.06. The molecule has 2 aromatic carbocycles. The summed E-state index contributed by atoms with van der Waals surface area (Å²) >= 11 is 1.12. The van der Waals surface area contributed by atoms with E-state index >= 15 is 0 Å². The third-order valence-electron chi connectivity index (χ3n) is 3.51. The summed E-state index contributed by atoms with van der Waals surface area (Å²) in [5.41, 5.74) is 1.08. The lowest BCUT2D eigenvalue weighted by Gasteiger charge is -2.05. The third-order valence-corrected chi connectivity index (χ3v) is 4.26. The summed E-state index contributed by atoms with van der Waals surface area (Å²) in [7, 11) is 0. The predicted molar refractivity (Wildman–Crippen MR) is 99.2 cm³/mol. The van der Waals surface area contributed by atoms with Crippen LogP contribution in [0.1, 0.15) is 12.5 Å². The van der Waals surface area contributed by atoms with Gasteiger partial charge in [-0.15, -0.1) is 0 Å². The zero-order valence-corrected chi connectivity index (χ0v) is 15.3. The van der Waals surface area contributed by atoms with Crippen molar-refractivity contribution in [1.82, 2.24) is 10.3 Å². The minimum Gasteiger partial charge on any atom is -0.508 e. The van der Waals surface area contributed by atoms with E-state index in [1.165, 1.54) is 25.3 Å². The Balaban J connectivity index is 1.58. The maximum absolute atomic E-state index is 13.7. The van der Waals surface area contributed by atoms with Crippen LogP contribution in [0.3, 0.4) is 0 Å². The molecule has 1 heterocycles. The maximum Gasteiger partial charge on any atom is 0.282 e. The van der Waals surface area contributed by atoms with E-state index in [9.17, 15) is 14.3 Å². The summed E-state index contributed by atoms with van der Waals surface area (Å²) in [6, 6.07) is 11.1. The zero-order valence-electron chi connectivity index (χ0n) is 14.4. The molecule has 0 aliphatic carbocycles. The highest BCUT2D eigenvalue weighted by Crippen LogP contribution is 2.35. The summed E-state index contributed by atoms with van der Waals surface area (Å²) < 4.78 is 24.8. The van der Waals surface area contributed by atoms with E-state index in [1.807, 2.05) is 24.3 Å². The number of aromatic hydroxyl groups is 1. The number of halogens is 1. The van der Waals surface area contributed by atoms with Crippen molar-refractivity contribution in [3.8, 4) is 27.5 Å². The molecule has 1 aromatic heterocycles. The molecule has 0 atom stereocenters. The minimum absolute atomic E-state index is 0.0303. The van der Waals surface area contributed by atoms with Gasteiger partial charge >= 0.3 is 0 Å². The number of carbonyl (C=O) groups is 1. The molecule has 140 valence electrons. The molecule has 0 radical (unpaired) electrons. The number of hydrogen-bond acceptors (Lipinski definition) is 6. The molecular weight excluding hydrogens is 371 g/mol. The Hall–Kier alpha value is -3.13. The first-order valence-electron chi connectivity index (χ1n) is 8.13. The Morgan fingerprint density at radius 2 is 2.00 bits per heavy atom.